The van der Waals surface area contributed by atoms with Gasteiger partial charge in [0.15, 0.2) is 0 Å². The van der Waals surface area contributed by atoms with Crippen molar-refractivity contribution in [2.45, 2.75) is 13.8 Å². The quantitative estimate of drug-likeness (QED) is 0.506. The molecule has 0 unspecified atom stereocenters. The number of amides is 1. The van der Waals surface area contributed by atoms with Crippen molar-refractivity contribution >= 4 is 23.3 Å². The van der Waals surface area contributed by atoms with Crippen LogP contribution in [-0.4, -0.2) is 30.1 Å². The fraction of sp³-hybridized carbons (Fsp3) is 0.308. The van der Waals surface area contributed by atoms with Crippen LogP contribution in [0, 0.1) is 0 Å². The molecule has 0 saturated heterocycles. The van der Waals surface area contributed by atoms with E-state index in [4.69, 9.17) is 9.47 Å². The number of anilines is 1. The number of nitrogens with one attached hydrogen (secondary N) is 1. The molecule has 1 aromatic rings. The van der Waals surface area contributed by atoms with Crippen LogP contribution in [0.25, 0.3) is 5.57 Å². The van der Waals surface area contributed by atoms with Gasteiger partial charge in [-0.3, -0.25) is 4.79 Å². The first kappa shape index (κ1) is 13.1. The average molecular weight is 262 g/mol. The predicted molar refractivity (Wildman–Crippen MR) is 68.4 cm³/mol. The summed E-state index contributed by atoms with van der Waals surface area (Å²) in [6.45, 7) is 4.29. The Bertz CT molecular complexity index is 552. The van der Waals surface area contributed by atoms with Crippen LogP contribution >= 0.6 is 0 Å². The van der Waals surface area contributed by atoms with E-state index in [9.17, 15) is 9.59 Å². The van der Waals surface area contributed by atoms with Gasteiger partial charge in [-0.2, -0.15) is 0 Å². The van der Waals surface area contributed by atoms with E-state index in [2.05, 4.69) is 10.3 Å². The van der Waals surface area contributed by atoms with E-state index in [1.54, 1.807) is 13.0 Å². The van der Waals surface area contributed by atoms with Gasteiger partial charge in [-0.15, -0.1) is 0 Å². The molecule has 1 aliphatic heterocycles. The molecule has 6 heteroatoms. The SMILES string of the molecule is CCOC=C1C(=O)Nc2ncc(C(=O)OCC)cc21. The maximum absolute atomic E-state index is 11.7. The van der Waals surface area contributed by atoms with Gasteiger partial charge in [0, 0.05) is 11.8 Å². The Morgan fingerprint density at radius 3 is 2.89 bits per heavy atom. The van der Waals surface area contributed by atoms with Crippen LogP contribution in [0.1, 0.15) is 29.8 Å². The molecule has 0 aromatic carbocycles. The first-order valence-corrected chi connectivity index (χ1v) is 5.98. The normalized spacial score (nSPS) is 15.1. The number of carbonyl (C=O) groups excluding carboxylic acids is 2. The maximum atomic E-state index is 11.7. The van der Waals surface area contributed by atoms with Crippen LogP contribution in [0.2, 0.25) is 0 Å². The van der Waals surface area contributed by atoms with Crippen molar-refractivity contribution < 1.29 is 19.1 Å². The third kappa shape index (κ3) is 2.57. The fourth-order valence-electron chi connectivity index (χ4n) is 1.68. The smallest absolute Gasteiger partial charge is 0.339 e. The van der Waals surface area contributed by atoms with Crippen molar-refractivity contribution in [1.82, 2.24) is 4.98 Å². The monoisotopic (exact) mass is 262 g/mol. The van der Waals surface area contributed by atoms with Crippen molar-refractivity contribution in [3.63, 3.8) is 0 Å². The summed E-state index contributed by atoms with van der Waals surface area (Å²) in [5.74, 6) is -0.339. The lowest BCUT2D eigenvalue weighted by Gasteiger charge is -2.03. The molecule has 0 atom stereocenters. The second-order valence-electron chi connectivity index (χ2n) is 3.78. The van der Waals surface area contributed by atoms with E-state index >= 15 is 0 Å². The molecule has 1 N–H and O–H groups in total. The van der Waals surface area contributed by atoms with E-state index in [0.717, 1.165) is 0 Å². The van der Waals surface area contributed by atoms with Gasteiger partial charge in [0.2, 0.25) is 0 Å². The van der Waals surface area contributed by atoms with Crippen LogP contribution in [0.15, 0.2) is 18.5 Å². The van der Waals surface area contributed by atoms with Gasteiger partial charge in [0.05, 0.1) is 30.6 Å². The Hall–Kier alpha value is -2.37. The molecular formula is C13H14N2O4. The number of esters is 1. The lowest BCUT2D eigenvalue weighted by atomic mass is 10.1. The topological polar surface area (TPSA) is 77.5 Å². The van der Waals surface area contributed by atoms with Crippen molar-refractivity contribution in [1.29, 1.82) is 0 Å². The second-order valence-corrected chi connectivity index (χ2v) is 3.78. The summed E-state index contributed by atoms with van der Waals surface area (Å²) < 4.78 is 10.0. The molecule has 0 fully saturated rings. The number of ether oxygens (including phenoxy) is 2. The minimum atomic E-state index is -0.465. The number of rotatable bonds is 4. The molecule has 0 spiro atoms. The van der Waals surface area contributed by atoms with Crippen LogP contribution < -0.4 is 5.32 Å². The highest BCUT2D eigenvalue weighted by molar-refractivity contribution is 6.31. The Morgan fingerprint density at radius 1 is 1.42 bits per heavy atom. The molecule has 19 heavy (non-hydrogen) atoms. The molecule has 1 amide bonds. The summed E-state index contributed by atoms with van der Waals surface area (Å²) >= 11 is 0. The number of aromatic nitrogens is 1. The molecule has 1 aromatic heterocycles. The molecular weight excluding hydrogens is 248 g/mol. The number of carbonyl (C=O) groups is 2. The summed E-state index contributed by atoms with van der Waals surface area (Å²) in [7, 11) is 0. The highest BCUT2D eigenvalue weighted by Crippen LogP contribution is 2.30. The number of pyridine rings is 1. The Morgan fingerprint density at radius 2 is 2.21 bits per heavy atom. The van der Waals surface area contributed by atoms with Crippen molar-refractivity contribution in [2.24, 2.45) is 0 Å². The van der Waals surface area contributed by atoms with Crippen LogP contribution in [0.4, 0.5) is 5.82 Å². The molecule has 1 aliphatic rings. The summed E-state index contributed by atoms with van der Waals surface area (Å²) in [5.41, 5.74) is 1.21. The van der Waals surface area contributed by atoms with Gasteiger partial charge < -0.3 is 14.8 Å². The molecule has 0 bridgehead atoms. The molecule has 0 radical (unpaired) electrons. The summed E-state index contributed by atoms with van der Waals surface area (Å²) in [6.07, 6.45) is 2.75. The Kier molecular flexibility index (Phi) is 3.79. The lowest BCUT2D eigenvalue weighted by Crippen LogP contribution is -2.05. The van der Waals surface area contributed by atoms with E-state index in [0.29, 0.717) is 29.1 Å². The van der Waals surface area contributed by atoms with Gasteiger partial charge in [0.25, 0.3) is 5.91 Å². The zero-order valence-corrected chi connectivity index (χ0v) is 10.7. The van der Waals surface area contributed by atoms with Crippen molar-refractivity contribution in [3.8, 4) is 0 Å². The van der Waals surface area contributed by atoms with Gasteiger partial charge >= 0.3 is 5.97 Å². The third-order valence-corrected chi connectivity index (χ3v) is 2.53. The zero-order chi connectivity index (χ0) is 13.8. The van der Waals surface area contributed by atoms with E-state index < -0.39 is 5.97 Å². The predicted octanol–water partition coefficient (Wildman–Crippen LogP) is 1.59. The summed E-state index contributed by atoms with van der Waals surface area (Å²) in [6, 6.07) is 1.57. The molecule has 2 rings (SSSR count). The molecule has 2 heterocycles. The van der Waals surface area contributed by atoms with Crippen molar-refractivity contribution in [2.75, 3.05) is 18.5 Å². The number of hydrogen-bond acceptors (Lipinski definition) is 5. The molecule has 100 valence electrons. The number of fused-ring (bicyclic) bond motifs is 1. The number of hydrogen-bond donors (Lipinski definition) is 1. The molecule has 6 nitrogen and oxygen atoms in total. The van der Waals surface area contributed by atoms with E-state index in [1.807, 2.05) is 6.92 Å². The maximum Gasteiger partial charge on any atom is 0.339 e. The highest BCUT2D eigenvalue weighted by Gasteiger charge is 2.27. The number of nitrogens with zero attached hydrogens (tertiary/aromatic N) is 1. The van der Waals surface area contributed by atoms with Crippen LogP contribution in [-0.2, 0) is 14.3 Å². The van der Waals surface area contributed by atoms with Crippen LogP contribution in [0.5, 0.6) is 0 Å². The molecule has 0 saturated carbocycles. The van der Waals surface area contributed by atoms with E-state index in [1.165, 1.54) is 12.5 Å². The summed E-state index contributed by atoms with van der Waals surface area (Å²) in [4.78, 5) is 27.4. The fourth-order valence-corrected chi connectivity index (χ4v) is 1.68. The van der Waals surface area contributed by atoms with Gasteiger partial charge in [-0.25, -0.2) is 9.78 Å². The summed E-state index contributed by atoms with van der Waals surface area (Å²) in [5, 5.41) is 2.60. The lowest BCUT2D eigenvalue weighted by molar-refractivity contribution is -0.110. The van der Waals surface area contributed by atoms with Gasteiger partial charge in [0.1, 0.15) is 5.82 Å². The zero-order valence-electron chi connectivity index (χ0n) is 10.7. The average Bonchev–Trinajstić information content (AvgIpc) is 2.71. The second kappa shape index (κ2) is 5.51. The standard InChI is InChI=1S/C13H14N2O4/c1-3-18-7-10-9-5-8(13(17)19-4-2)6-14-11(9)15-12(10)16/h5-7H,3-4H2,1-2H3,(H,14,15,16). The van der Waals surface area contributed by atoms with Gasteiger partial charge in [-0.05, 0) is 19.9 Å². The van der Waals surface area contributed by atoms with Crippen molar-refractivity contribution in [3.05, 3.63) is 29.7 Å². The minimum absolute atomic E-state index is 0.286. The van der Waals surface area contributed by atoms with Crippen LogP contribution in [0.3, 0.4) is 0 Å². The van der Waals surface area contributed by atoms with E-state index in [-0.39, 0.29) is 12.5 Å². The first-order chi connectivity index (χ1) is 9.17. The Balaban J connectivity index is 2.36. The first-order valence-electron chi connectivity index (χ1n) is 5.98. The molecule has 0 aliphatic carbocycles. The van der Waals surface area contributed by atoms with Gasteiger partial charge in [-0.1, -0.05) is 0 Å². The largest absolute Gasteiger partial charge is 0.501 e. The highest BCUT2D eigenvalue weighted by atomic mass is 16.5. The minimum Gasteiger partial charge on any atom is -0.501 e. The Labute approximate surface area is 110 Å². The third-order valence-electron chi connectivity index (χ3n) is 2.53.